The van der Waals surface area contributed by atoms with Crippen LogP contribution in [0.2, 0.25) is 10.0 Å². The Morgan fingerprint density at radius 1 is 1.36 bits per heavy atom. The molecule has 1 aliphatic rings. The fourth-order valence-corrected chi connectivity index (χ4v) is 3.29. The van der Waals surface area contributed by atoms with Crippen molar-refractivity contribution < 1.29 is 9.53 Å². The lowest BCUT2D eigenvalue weighted by atomic mass is 10.2. The Morgan fingerprint density at radius 3 is 2.92 bits per heavy atom. The molecule has 1 atom stereocenters. The van der Waals surface area contributed by atoms with Gasteiger partial charge in [-0.1, -0.05) is 29.3 Å². The second kappa shape index (κ2) is 8.04. The molecule has 0 saturated carbocycles. The number of amides is 1. The first-order chi connectivity index (χ1) is 12.1. The van der Waals surface area contributed by atoms with E-state index in [0.29, 0.717) is 27.2 Å². The van der Waals surface area contributed by atoms with Gasteiger partial charge in [-0.2, -0.15) is 0 Å². The van der Waals surface area contributed by atoms with Gasteiger partial charge in [0.1, 0.15) is 10.8 Å². The van der Waals surface area contributed by atoms with E-state index >= 15 is 0 Å². The highest BCUT2D eigenvalue weighted by Crippen LogP contribution is 2.34. The van der Waals surface area contributed by atoms with Gasteiger partial charge < -0.3 is 15.0 Å². The van der Waals surface area contributed by atoms with E-state index < -0.39 is 0 Å². The van der Waals surface area contributed by atoms with Gasteiger partial charge in [0.2, 0.25) is 5.88 Å². The lowest BCUT2D eigenvalue weighted by molar-refractivity contribution is 0.0736. The highest BCUT2D eigenvalue weighted by Gasteiger charge is 2.28. The van der Waals surface area contributed by atoms with Crippen molar-refractivity contribution in [3.8, 4) is 11.6 Å². The predicted octanol–water partition coefficient (Wildman–Crippen LogP) is 4.00. The zero-order valence-electron chi connectivity index (χ0n) is 13.8. The van der Waals surface area contributed by atoms with Crippen LogP contribution < -0.4 is 10.1 Å². The molecule has 7 heteroatoms. The third-order valence-electron chi connectivity index (χ3n) is 4.19. The number of hydrogen-bond acceptors (Lipinski definition) is 4. The first-order valence-electron chi connectivity index (χ1n) is 8.13. The van der Waals surface area contributed by atoms with Gasteiger partial charge in [0.25, 0.3) is 5.91 Å². The number of pyridine rings is 1. The van der Waals surface area contributed by atoms with Crippen LogP contribution in [0.25, 0.3) is 0 Å². The molecule has 0 radical (unpaired) electrons. The van der Waals surface area contributed by atoms with Crippen LogP contribution in [-0.4, -0.2) is 42.0 Å². The van der Waals surface area contributed by atoms with Crippen molar-refractivity contribution in [2.75, 3.05) is 20.1 Å². The molecule has 1 aliphatic heterocycles. The third kappa shape index (κ3) is 4.06. The van der Waals surface area contributed by atoms with Crippen LogP contribution >= 0.6 is 23.2 Å². The molecule has 1 aromatic carbocycles. The van der Waals surface area contributed by atoms with Gasteiger partial charge in [0.05, 0.1) is 10.6 Å². The number of halogens is 2. The second-order valence-corrected chi connectivity index (χ2v) is 6.68. The molecule has 1 amide bonds. The SMILES string of the molecule is CNCC1CCCN1C(=O)c1ccc(Oc2cccc(Cl)c2Cl)nc1. The predicted molar refractivity (Wildman–Crippen MR) is 98.8 cm³/mol. The minimum Gasteiger partial charge on any atom is -0.437 e. The van der Waals surface area contributed by atoms with E-state index in [1.54, 1.807) is 30.3 Å². The minimum atomic E-state index is -0.00223. The molecule has 1 unspecified atom stereocenters. The summed E-state index contributed by atoms with van der Waals surface area (Å²) >= 11 is 12.1. The summed E-state index contributed by atoms with van der Waals surface area (Å²) in [7, 11) is 1.90. The number of aromatic nitrogens is 1. The fraction of sp³-hybridized carbons (Fsp3) is 0.333. The number of nitrogens with zero attached hydrogens (tertiary/aromatic N) is 2. The summed E-state index contributed by atoms with van der Waals surface area (Å²) in [5.41, 5.74) is 0.549. The highest BCUT2D eigenvalue weighted by atomic mass is 35.5. The third-order valence-corrected chi connectivity index (χ3v) is 4.99. The van der Waals surface area contributed by atoms with E-state index in [1.807, 2.05) is 11.9 Å². The van der Waals surface area contributed by atoms with E-state index in [0.717, 1.165) is 25.9 Å². The second-order valence-electron chi connectivity index (χ2n) is 5.89. The Bertz CT molecular complexity index is 752. The lowest BCUT2D eigenvalue weighted by Gasteiger charge is -2.24. The number of ether oxygens (including phenoxy) is 1. The summed E-state index contributed by atoms with van der Waals surface area (Å²) in [5.74, 6) is 0.779. The Hall–Kier alpha value is -1.82. The lowest BCUT2D eigenvalue weighted by Crippen LogP contribution is -2.40. The molecule has 1 saturated heterocycles. The Labute approximate surface area is 156 Å². The van der Waals surface area contributed by atoms with Gasteiger partial charge in [0.15, 0.2) is 0 Å². The molecule has 25 heavy (non-hydrogen) atoms. The molecular formula is C18H19Cl2N3O2. The van der Waals surface area contributed by atoms with Crippen molar-refractivity contribution in [3.63, 3.8) is 0 Å². The van der Waals surface area contributed by atoms with Crippen LogP contribution in [0.15, 0.2) is 36.5 Å². The normalized spacial score (nSPS) is 16.9. The molecule has 1 N–H and O–H groups in total. The number of hydrogen-bond donors (Lipinski definition) is 1. The van der Waals surface area contributed by atoms with Gasteiger partial charge in [-0.25, -0.2) is 4.98 Å². The minimum absolute atomic E-state index is 0.00223. The van der Waals surface area contributed by atoms with Gasteiger partial charge in [-0.05, 0) is 38.1 Å². The summed E-state index contributed by atoms with van der Waals surface area (Å²) in [6.45, 7) is 1.58. The smallest absolute Gasteiger partial charge is 0.255 e. The van der Waals surface area contributed by atoms with Gasteiger partial charge in [-0.15, -0.1) is 0 Å². The standard InChI is InChI=1S/C18H19Cl2N3O2/c1-21-11-13-4-3-9-23(13)18(24)12-7-8-16(22-10-12)25-15-6-2-5-14(19)17(15)20/h2,5-8,10,13,21H,3-4,9,11H2,1H3. The summed E-state index contributed by atoms with van der Waals surface area (Å²) in [5, 5.41) is 3.88. The fourth-order valence-electron chi connectivity index (χ4n) is 2.96. The number of nitrogens with one attached hydrogen (secondary N) is 1. The topological polar surface area (TPSA) is 54.5 Å². The number of carbonyl (C=O) groups is 1. The van der Waals surface area contributed by atoms with Crippen LogP contribution in [0.5, 0.6) is 11.6 Å². The quantitative estimate of drug-likeness (QED) is 0.852. The van der Waals surface area contributed by atoms with Crippen molar-refractivity contribution in [1.29, 1.82) is 0 Å². The highest BCUT2D eigenvalue weighted by molar-refractivity contribution is 6.42. The van der Waals surface area contributed by atoms with Crippen LogP contribution in [0, 0.1) is 0 Å². The number of likely N-dealkylation sites (N-methyl/N-ethyl adjacent to an activating group) is 1. The Kier molecular flexibility index (Phi) is 5.78. The van der Waals surface area contributed by atoms with E-state index in [4.69, 9.17) is 27.9 Å². The first kappa shape index (κ1) is 18.0. The molecule has 0 bridgehead atoms. The average Bonchev–Trinajstić information content (AvgIpc) is 3.08. The van der Waals surface area contributed by atoms with Crippen molar-refractivity contribution in [1.82, 2.24) is 15.2 Å². The monoisotopic (exact) mass is 379 g/mol. The molecule has 2 aromatic rings. The molecular weight excluding hydrogens is 361 g/mol. The maximum Gasteiger partial charge on any atom is 0.255 e. The molecule has 132 valence electrons. The summed E-state index contributed by atoms with van der Waals surface area (Å²) in [6.07, 6.45) is 3.58. The van der Waals surface area contributed by atoms with Gasteiger partial charge in [-0.3, -0.25) is 4.79 Å². The van der Waals surface area contributed by atoms with Crippen LogP contribution in [0.3, 0.4) is 0 Å². The first-order valence-corrected chi connectivity index (χ1v) is 8.89. The van der Waals surface area contributed by atoms with Crippen LogP contribution in [0.4, 0.5) is 0 Å². The summed E-state index contributed by atoms with van der Waals surface area (Å²) in [4.78, 5) is 18.8. The zero-order chi connectivity index (χ0) is 17.8. The maximum absolute atomic E-state index is 12.7. The van der Waals surface area contributed by atoms with Crippen molar-refractivity contribution in [3.05, 3.63) is 52.1 Å². The molecule has 0 spiro atoms. The number of likely N-dealkylation sites (tertiary alicyclic amines) is 1. The molecule has 0 aliphatic carbocycles. The molecule has 5 nitrogen and oxygen atoms in total. The Morgan fingerprint density at radius 2 is 2.20 bits per heavy atom. The average molecular weight is 380 g/mol. The van der Waals surface area contributed by atoms with E-state index in [-0.39, 0.29) is 11.9 Å². The number of carbonyl (C=O) groups excluding carboxylic acids is 1. The van der Waals surface area contributed by atoms with E-state index in [1.165, 1.54) is 6.20 Å². The largest absolute Gasteiger partial charge is 0.437 e. The summed E-state index contributed by atoms with van der Waals surface area (Å²) < 4.78 is 5.65. The molecule has 2 heterocycles. The van der Waals surface area contributed by atoms with Crippen molar-refractivity contribution >= 4 is 29.1 Å². The molecule has 1 fully saturated rings. The van der Waals surface area contributed by atoms with Crippen LogP contribution in [0.1, 0.15) is 23.2 Å². The number of benzene rings is 1. The van der Waals surface area contributed by atoms with Gasteiger partial charge >= 0.3 is 0 Å². The molecule has 3 rings (SSSR count). The van der Waals surface area contributed by atoms with Crippen molar-refractivity contribution in [2.45, 2.75) is 18.9 Å². The van der Waals surface area contributed by atoms with E-state index in [2.05, 4.69) is 10.3 Å². The Balaban J connectivity index is 1.71. The molecule has 1 aromatic heterocycles. The van der Waals surface area contributed by atoms with E-state index in [9.17, 15) is 4.79 Å². The number of rotatable bonds is 5. The van der Waals surface area contributed by atoms with Gasteiger partial charge in [0, 0.05) is 31.4 Å². The maximum atomic E-state index is 12.7. The van der Waals surface area contributed by atoms with Crippen LogP contribution in [-0.2, 0) is 0 Å². The zero-order valence-corrected chi connectivity index (χ0v) is 15.3. The van der Waals surface area contributed by atoms with Crippen molar-refractivity contribution in [2.24, 2.45) is 0 Å². The summed E-state index contributed by atoms with van der Waals surface area (Å²) in [6, 6.07) is 8.76.